The Bertz CT molecular complexity index is 3480. The fraction of sp³-hybridized carbons (Fsp3) is 0.318. The van der Waals surface area contributed by atoms with Gasteiger partial charge in [-0.05, 0) is 72.8 Å². The van der Waals surface area contributed by atoms with Gasteiger partial charge >= 0.3 is 53.7 Å². The summed E-state index contributed by atoms with van der Waals surface area (Å²) in [6, 6.07) is 45.2. The minimum atomic E-state index is -2.10. The van der Waals surface area contributed by atoms with Crippen LogP contribution in [0.4, 0.5) is 0 Å². The van der Waals surface area contributed by atoms with Crippen molar-refractivity contribution in [1.29, 1.82) is 0 Å². The van der Waals surface area contributed by atoms with Crippen molar-refractivity contribution in [1.82, 2.24) is 0 Å². The minimum Gasteiger partial charge on any atom is -0.459 e. The molecule has 0 unspecified atom stereocenters. The summed E-state index contributed by atoms with van der Waals surface area (Å²) in [4.78, 5) is 123. The van der Waals surface area contributed by atoms with Gasteiger partial charge in [0.05, 0.1) is 46.6 Å². The number of carbonyl (C=O) groups is 9. The summed E-state index contributed by atoms with van der Waals surface area (Å²) >= 11 is 6.03. The van der Waals surface area contributed by atoms with Crippen LogP contribution in [0.25, 0.3) is 0 Å². The Morgan fingerprint density at radius 1 is 0.348 bits per heavy atom. The Balaban J connectivity index is 1.12. The average Bonchev–Trinajstić information content (AvgIpc) is 0.822. The molecule has 92 heavy (non-hydrogen) atoms. The molecule has 3 heterocycles. The van der Waals surface area contributed by atoms with Gasteiger partial charge in [0.2, 0.25) is 0 Å². The van der Waals surface area contributed by atoms with E-state index in [2.05, 4.69) is 0 Å². The molecule has 6 aromatic carbocycles. The smallest absolute Gasteiger partial charge is 0.338 e. The largest absolute Gasteiger partial charge is 0.459 e. The zero-order valence-electron chi connectivity index (χ0n) is 49.0. The van der Waals surface area contributed by atoms with E-state index < -0.39 is 172 Å². The molecule has 482 valence electrons. The molecule has 3 saturated heterocycles. The molecule has 3 aliphatic heterocycles. The molecule has 0 radical (unpaired) electrons. The molecule has 3 fully saturated rings. The first-order valence-electron chi connectivity index (χ1n) is 28.6. The van der Waals surface area contributed by atoms with Crippen LogP contribution in [0.3, 0.4) is 0 Å². The van der Waals surface area contributed by atoms with E-state index in [4.69, 9.17) is 77.9 Å². The maximum absolute atomic E-state index is 14.4. The van der Waals surface area contributed by atoms with E-state index in [9.17, 15) is 53.4 Å². The van der Waals surface area contributed by atoms with Gasteiger partial charge in [-0.25, -0.2) is 28.8 Å². The molecular formula is C66H61ClO25. The highest BCUT2D eigenvalue weighted by molar-refractivity contribution is 6.26. The van der Waals surface area contributed by atoms with Gasteiger partial charge in [0, 0.05) is 13.8 Å². The minimum absolute atomic E-state index is 0.0105. The van der Waals surface area contributed by atoms with Gasteiger partial charge in [-0.1, -0.05) is 109 Å². The lowest BCUT2D eigenvalue weighted by atomic mass is 9.96. The van der Waals surface area contributed by atoms with Gasteiger partial charge in [0.15, 0.2) is 67.7 Å². The predicted octanol–water partition coefficient (Wildman–Crippen LogP) is 5.55. The average molecular weight is 1290 g/mol. The van der Waals surface area contributed by atoms with Crippen molar-refractivity contribution in [3.05, 3.63) is 215 Å². The lowest BCUT2D eigenvalue weighted by Crippen LogP contribution is -2.65. The number of benzene rings is 6. The van der Waals surface area contributed by atoms with Gasteiger partial charge in [0.25, 0.3) is 0 Å². The van der Waals surface area contributed by atoms with Gasteiger partial charge in [-0.3, -0.25) is 14.4 Å². The van der Waals surface area contributed by atoms with E-state index in [1.165, 1.54) is 121 Å². The van der Waals surface area contributed by atoms with Crippen LogP contribution < -0.4 is 0 Å². The van der Waals surface area contributed by atoms with E-state index in [1.54, 1.807) is 60.7 Å². The summed E-state index contributed by atoms with van der Waals surface area (Å²) in [7, 11) is 0. The summed E-state index contributed by atoms with van der Waals surface area (Å²) < 4.78 is 84.4. The van der Waals surface area contributed by atoms with Crippen LogP contribution in [0.15, 0.2) is 182 Å². The Kier molecular flexibility index (Phi) is 23.3. The number of hydrogen-bond acceptors (Lipinski definition) is 25. The summed E-state index contributed by atoms with van der Waals surface area (Å²) in [5.74, 6) is -10.0. The molecule has 3 aliphatic rings. The number of hydrogen-bond donors (Lipinski definition) is 2. The SMILES string of the molecule is CC(=O)O[C@@H]1[C@@H](OC[C@H]2O[C@H](OC[C@H]3O[C@H](O)[C@@H](OC(C)=O)[C@@H](OC(=O)c4ccccc4)[C@@H]3O)[C@@H](OC(=O)CCl)[C@@H](OC(=O)c3ccccc3)[C@@H]2OC(=O)c2ccccc2)O[C@H](COC(=O)c2ccccc2)[C@@H](OC(=O)c2ccccc2)[C@@H]1OC(=O)c1ccccc1. The Morgan fingerprint density at radius 2 is 0.652 bits per heavy atom. The number of aliphatic hydroxyl groups is 2. The molecule has 0 amide bonds. The van der Waals surface area contributed by atoms with Crippen molar-refractivity contribution >= 4 is 65.3 Å². The molecular weight excluding hydrogens is 1230 g/mol. The molecule has 26 heteroatoms. The van der Waals surface area contributed by atoms with E-state index in [1.807, 2.05) is 0 Å². The van der Waals surface area contributed by atoms with Gasteiger partial charge < -0.3 is 76.5 Å². The molecule has 0 aliphatic carbocycles. The molecule has 0 bridgehead atoms. The van der Waals surface area contributed by atoms with Crippen molar-refractivity contribution in [2.75, 3.05) is 25.7 Å². The first-order valence-corrected chi connectivity index (χ1v) is 29.2. The normalized spacial score (nSPS) is 25.9. The van der Waals surface area contributed by atoms with Crippen LogP contribution >= 0.6 is 11.6 Å². The highest BCUT2D eigenvalue weighted by Crippen LogP contribution is 2.36. The number of rotatable bonds is 23. The highest BCUT2D eigenvalue weighted by Gasteiger charge is 2.57. The fourth-order valence-electron chi connectivity index (χ4n) is 9.99. The second-order valence-electron chi connectivity index (χ2n) is 20.7. The maximum Gasteiger partial charge on any atom is 0.338 e. The van der Waals surface area contributed by atoms with Gasteiger partial charge in [-0.2, -0.15) is 0 Å². The molecule has 0 spiro atoms. The van der Waals surface area contributed by atoms with Crippen molar-refractivity contribution in [2.24, 2.45) is 0 Å². The summed E-state index contributed by atoms with van der Waals surface area (Å²) in [6.45, 7) is -0.590. The van der Waals surface area contributed by atoms with Crippen LogP contribution in [0.5, 0.6) is 0 Å². The van der Waals surface area contributed by atoms with Crippen LogP contribution in [0, 0.1) is 0 Å². The van der Waals surface area contributed by atoms with E-state index in [0.29, 0.717) is 0 Å². The fourth-order valence-corrected chi connectivity index (χ4v) is 10.1. The zero-order chi connectivity index (χ0) is 65.3. The van der Waals surface area contributed by atoms with Crippen molar-refractivity contribution in [2.45, 2.75) is 106 Å². The third kappa shape index (κ3) is 17.3. The van der Waals surface area contributed by atoms with Crippen molar-refractivity contribution in [3.8, 4) is 0 Å². The monoisotopic (exact) mass is 1290 g/mol. The number of esters is 9. The maximum atomic E-state index is 14.4. The molecule has 15 atom stereocenters. The van der Waals surface area contributed by atoms with Crippen LogP contribution in [-0.4, -0.2) is 182 Å². The molecule has 2 N–H and O–H groups in total. The van der Waals surface area contributed by atoms with E-state index in [0.717, 1.165) is 13.8 Å². The number of ether oxygens (including phenoxy) is 14. The summed E-state index contributed by atoms with van der Waals surface area (Å²) in [6.07, 6.45) is -28.6. The van der Waals surface area contributed by atoms with Crippen LogP contribution in [-0.2, 0) is 80.7 Å². The molecule has 6 aromatic rings. The summed E-state index contributed by atoms with van der Waals surface area (Å²) in [5, 5.41) is 23.2. The molecule has 0 aromatic heterocycles. The molecule has 25 nitrogen and oxygen atoms in total. The third-order valence-electron chi connectivity index (χ3n) is 14.3. The Hall–Kier alpha value is -9.44. The summed E-state index contributed by atoms with van der Waals surface area (Å²) in [5.41, 5.74) is -0.0167. The second kappa shape index (κ2) is 32.0. The number of carbonyl (C=O) groups excluding carboxylic acids is 9. The Labute approximate surface area is 530 Å². The van der Waals surface area contributed by atoms with Crippen molar-refractivity contribution < 1.29 is 120 Å². The van der Waals surface area contributed by atoms with E-state index >= 15 is 0 Å². The molecule has 0 saturated carbocycles. The lowest BCUT2D eigenvalue weighted by Gasteiger charge is -2.47. The van der Waals surface area contributed by atoms with Crippen LogP contribution in [0.1, 0.15) is 76.0 Å². The quantitative estimate of drug-likeness (QED) is 0.0451. The van der Waals surface area contributed by atoms with Gasteiger partial charge in [-0.15, -0.1) is 11.6 Å². The highest BCUT2D eigenvalue weighted by atomic mass is 35.5. The first-order chi connectivity index (χ1) is 44.5. The Morgan fingerprint density at radius 3 is 1.01 bits per heavy atom. The second-order valence-corrected chi connectivity index (χ2v) is 21.0. The van der Waals surface area contributed by atoms with E-state index in [-0.39, 0.29) is 33.4 Å². The molecule has 9 rings (SSSR count). The first kappa shape index (κ1) is 67.0. The van der Waals surface area contributed by atoms with Gasteiger partial charge in [0.1, 0.15) is 36.9 Å². The number of alkyl halides is 1. The topological polar surface area (TPSA) is 323 Å². The third-order valence-corrected chi connectivity index (χ3v) is 14.5. The number of halogens is 1. The standard InChI is InChI=1S/C66H61ClO25/c1-37(68)82-55-52(90-61(75)42-27-15-6-16-28-42)49(71)45(84-64(55)78)34-80-66-57(87-48(70)33-67)54(92-63(77)44-31-19-8-20-32-44)51(89-60(74)41-25-13-5-14-26-41)47(86-66)36-81-65-56(83-38(2)69)53(91-62(76)43-29-17-7-18-30-43)50(88-59(73)40-23-11-4-12-24-40)46(85-65)35-79-58(72)39-21-9-3-10-22-39/h3-32,45-47,49-57,64-66,71,78H,33-36H2,1-2H3/t45-,46-,47-,49-,50-,51-,52+,53+,54+,55+,56+,57+,64+,65+,66+/m1/s1. The lowest BCUT2D eigenvalue weighted by molar-refractivity contribution is -0.339. The van der Waals surface area contributed by atoms with Crippen LogP contribution in [0.2, 0.25) is 0 Å². The van der Waals surface area contributed by atoms with Crippen molar-refractivity contribution in [3.63, 3.8) is 0 Å². The predicted molar refractivity (Wildman–Crippen MR) is 313 cm³/mol. The number of aliphatic hydroxyl groups excluding tert-OH is 2. The zero-order valence-corrected chi connectivity index (χ0v) is 49.7.